The van der Waals surface area contributed by atoms with Gasteiger partial charge in [0, 0.05) is 19.6 Å². The molecule has 2 heterocycles. The van der Waals surface area contributed by atoms with Crippen LogP contribution in [0.5, 0.6) is 23.0 Å². The van der Waals surface area contributed by atoms with Gasteiger partial charge in [-0.3, -0.25) is 4.90 Å². The molecule has 4 atom stereocenters. The third kappa shape index (κ3) is 5.83. The van der Waals surface area contributed by atoms with E-state index in [4.69, 9.17) is 9.47 Å². The van der Waals surface area contributed by atoms with Crippen molar-refractivity contribution >= 4 is 24.2 Å². The standard InChI is InChI=1S/C28H31NO4S.ClH/c1-18-16-29(17-19(18)2)12-13-32-24-9-6-20(7-10-24)27-28(21-4-3-5-22(30)14-21)34-26-15-23(31)8-11-25(26)33-27;/h3-11,14-15,18-19,27-28,30-31H,12-13,16-17H2,1-2H3;1H/t18-,19-,27+,28-;/m1./s1. The van der Waals surface area contributed by atoms with Crippen LogP contribution in [0, 0.1) is 11.8 Å². The number of thioether (sulfide) groups is 1. The van der Waals surface area contributed by atoms with Crippen molar-refractivity contribution in [2.45, 2.75) is 30.1 Å². The molecule has 0 unspecified atom stereocenters. The maximum Gasteiger partial charge on any atom is 0.140 e. The van der Waals surface area contributed by atoms with Gasteiger partial charge in [0.25, 0.3) is 0 Å². The van der Waals surface area contributed by atoms with Gasteiger partial charge in [0.1, 0.15) is 35.7 Å². The number of rotatable bonds is 6. The highest BCUT2D eigenvalue weighted by Gasteiger charge is 2.34. The van der Waals surface area contributed by atoms with E-state index in [2.05, 4.69) is 30.9 Å². The molecule has 5 rings (SSSR count). The molecular weight excluding hydrogens is 482 g/mol. The number of phenols is 2. The smallest absolute Gasteiger partial charge is 0.140 e. The first kappa shape index (κ1) is 25.5. The number of benzene rings is 3. The van der Waals surface area contributed by atoms with Gasteiger partial charge in [-0.1, -0.05) is 38.1 Å². The SMILES string of the molecule is C[C@@H]1CN(CCOc2ccc([C@@H]3Oc4ccc(O)cc4S[C@@H]3c3cccc(O)c3)cc2)C[C@H]1C.Cl. The molecule has 0 amide bonds. The van der Waals surface area contributed by atoms with E-state index < -0.39 is 0 Å². The second kappa shape index (κ2) is 11.0. The molecule has 0 aromatic heterocycles. The molecule has 0 aliphatic carbocycles. The summed E-state index contributed by atoms with van der Waals surface area (Å²) in [5, 5.41) is 19.9. The predicted octanol–water partition coefficient (Wildman–Crippen LogP) is 6.45. The van der Waals surface area contributed by atoms with E-state index in [1.54, 1.807) is 42.1 Å². The van der Waals surface area contributed by atoms with Gasteiger partial charge >= 0.3 is 0 Å². The van der Waals surface area contributed by atoms with E-state index in [0.717, 1.165) is 59.0 Å². The van der Waals surface area contributed by atoms with E-state index in [-0.39, 0.29) is 35.3 Å². The number of likely N-dealkylation sites (tertiary alicyclic amines) is 1. The number of hydrogen-bond donors (Lipinski definition) is 2. The van der Waals surface area contributed by atoms with E-state index in [1.165, 1.54) is 0 Å². The summed E-state index contributed by atoms with van der Waals surface area (Å²) < 4.78 is 12.5. The molecule has 0 saturated carbocycles. The topological polar surface area (TPSA) is 62.2 Å². The van der Waals surface area contributed by atoms with Crippen molar-refractivity contribution in [1.29, 1.82) is 0 Å². The zero-order valence-corrected chi connectivity index (χ0v) is 21.6. The molecule has 5 nitrogen and oxygen atoms in total. The van der Waals surface area contributed by atoms with Crippen LogP contribution in [-0.2, 0) is 0 Å². The van der Waals surface area contributed by atoms with E-state index in [9.17, 15) is 10.2 Å². The molecular formula is C28H32ClNO4S. The summed E-state index contributed by atoms with van der Waals surface area (Å²) >= 11 is 1.64. The van der Waals surface area contributed by atoms with Crippen molar-refractivity contribution in [2.24, 2.45) is 11.8 Å². The number of hydrogen-bond acceptors (Lipinski definition) is 6. The molecule has 186 valence electrons. The first-order valence-electron chi connectivity index (χ1n) is 11.9. The highest BCUT2D eigenvalue weighted by atomic mass is 35.5. The average molecular weight is 514 g/mol. The van der Waals surface area contributed by atoms with Gasteiger partial charge in [-0.2, -0.15) is 0 Å². The van der Waals surface area contributed by atoms with Crippen LogP contribution in [0.25, 0.3) is 0 Å². The monoisotopic (exact) mass is 513 g/mol. The Bertz CT molecular complexity index is 1130. The Kier molecular flexibility index (Phi) is 8.05. The van der Waals surface area contributed by atoms with Crippen molar-refractivity contribution in [3.8, 4) is 23.0 Å². The van der Waals surface area contributed by atoms with Crippen LogP contribution in [0.15, 0.2) is 71.6 Å². The normalized spacial score (nSPS) is 23.7. The first-order valence-corrected chi connectivity index (χ1v) is 12.7. The number of ether oxygens (including phenoxy) is 2. The number of phenolic OH excluding ortho intramolecular Hbond substituents is 2. The molecule has 3 aromatic carbocycles. The van der Waals surface area contributed by atoms with Crippen LogP contribution in [0.2, 0.25) is 0 Å². The molecule has 7 heteroatoms. The minimum absolute atomic E-state index is 0. The summed E-state index contributed by atoms with van der Waals surface area (Å²) in [4.78, 5) is 3.36. The van der Waals surface area contributed by atoms with Gasteiger partial charge in [0.2, 0.25) is 0 Å². The summed E-state index contributed by atoms with van der Waals surface area (Å²) in [5.41, 5.74) is 2.01. The Morgan fingerprint density at radius 2 is 1.63 bits per heavy atom. The fourth-order valence-electron chi connectivity index (χ4n) is 4.75. The molecule has 0 spiro atoms. The van der Waals surface area contributed by atoms with Crippen molar-refractivity contribution in [1.82, 2.24) is 4.90 Å². The maximum absolute atomic E-state index is 10.1. The third-order valence-corrected chi connectivity index (χ3v) is 8.20. The minimum atomic E-state index is -0.245. The number of fused-ring (bicyclic) bond motifs is 1. The fraction of sp³-hybridized carbons (Fsp3) is 0.357. The number of nitrogens with zero attached hydrogens (tertiary/aromatic N) is 1. The summed E-state index contributed by atoms with van der Waals surface area (Å²) in [5.74, 6) is 3.54. The zero-order chi connectivity index (χ0) is 23.7. The zero-order valence-electron chi connectivity index (χ0n) is 20.0. The fourth-order valence-corrected chi connectivity index (χ4v) is 6.06. The largest absolute Gasteiger partial charge is 0.508 e. The quantitative estimate of drug-likeness (QED) is 0.395. The van der Waals surface area contributed by atoms with E-state index in [1.807, 2.05) is 24.3 Å². The van der Waals surface area contributed by atoms with E-state index >= 15 is 0 Å². The van der Waals surface area contributed by atoms with Gasteiger partial charge in [0.05, 0.1) is 10.1 Å². The third-order valence-electron chi connectivity index (χ3n) is 6.86. The van der Waals surface area contributed by atoms with Crippen LogP contribution in [0.1, 0.15) is 36.3 Å². The lowest BCUT2D eigenvalue weighted by Crippen LogP contribution is -2.26. The molecule has 1 saturated heterocycles. The molecule has 2 aliphatic heterocycles. The lowest BCUT2D eigenvalue weighted by Gasteiger charge is -2.34. The van der Waals surface area contributed by atoms with Gasteiger partial charge in [0.15, 0.2) is 0 Å². The van der Waals surface area contributed by atoms with Crippen LogP contribution in [-0.4, -0.2) is 41.4 Å². The Morgan fingerprint density at radius 3 is 2.34 bits per heavy atom. The molecule has 35 heavy (non-hydrogen) atoms. The Morgan fingerprint density at radius 1 is 0.914 bits per heavy atom. The molecule has 2 N–H and O–H groups in total. The lowest BCUT2D eigenvalue weighted by molar-refractivity contribution is 0.190. The van der Waals surface area contributed by atoms with Gasteiger partial charge in [-0.15, -0.1) is 24.2 Å². The number of halogens is 1. The second-order valence-electron chi connectivity index (χ2n) is 9.43. The number of aromatic hydroxyl groups is 2. The predicted molar refractivity (Wildman–Crippen MR) is 142 cm³/mol. The van der Waals surface area contributed by atoms with Crippen LogP contribution in [0.4, 0.5) is 0 Å². The second-order valence-corrected chi connectivity index (χ2v) is 10.6. The lowest BCUT2D eigenvalue weighted by atomic mass is 10.00. The van der Waals surface area contributed by atoms with Crippen LogP contribution in [0.3, 0.4) is 0 Å². The molecule has 0 radical (unpaired) electrons. The van der Waals surface area contributed by atoms with Crippen molar-refractivity contribution in [3.05, 3.63) is 77.9 Å². The van der Waals surface area contributed by atoms with Crippen molar-refractivity contribution < 1.29 is 19.7 Å². The molecule has 3 aromatic rings. The first-order chi connectivity index (χ1) is 16.5. The Labute approximate surface area is 217 Å². The summed E-state index contributed by atoms with van der Waals surface area (Å²) in [7, 11) is 0. The van der Waals surface area contributed by atoms with E-state index in [0.29, 0.717) is 6.61 Å². The van der Waals surface area contributed by atoms with Crippen LogP contribution < -0.4 is 9.47 Å². The molecule has 2 aliphatic rings. The molecule has 1 fully saturated rings. The Balaban J connectivity index is 0.00000289. The summed E-state index contributed by atoms with van der Waals surface area (Å²) in [6, 6.07) is 20.6. The van der Waals surface area contributed by atoms with Crippen molar-refractivity contribution in [3.63, 3.8) is 0 Å². The van der Waals surface area contributed by atoms with Crippen molar-refractivity contribution in [2.75, 3.05) is 26.2 Å². The van der Waals surface area contributed by atoms with Gasteiger partial charge in [-0.25, -0.2) is 0 Å². The van der Waals surface area contributed by atoms with Gasteiger partial charge in [-0.05, 0) is 65.4 Å². The minimum Gasteiger partial charge on any atom is -0.508 e. The molecule has 0 bridgehead atoms. The van der Waals surface area contributed by atoms with Gasteiger partial charge < -0.3 is 19.7 Å². The highest BCUT2D eigenvalue weighted by Crippen LogP contribution is 2.54. The van der Waals surface area contributed by atoms with Crippen LogP contribution >= 0.6 is 24.2 Å². The highest BCUT2D eigenvalue weighted by molar-refractivity contribution is 7.99. The maximum atomic E-state index is 10.1. The average Bonchev–Trinajstić information content (AvgIpc) is 3.15. The summed E-state index contributed by atoms with van der Waals surface area (Å²) in [6.45, 7) is 8.56. The Hall–Kier alpha value is -2.54. The summed E-state index contributed by atoms with van der Waals surface area (Å²) in [6.07, 6.45) is -0.245.